The van der Waals surface area contributed by atoms with E-state index in [9.17, 15) is 19.7 Å². The van der Waals surface area contributed by atoms with Gasteiger partial charge in [0.05, 0.1) is 4.92 Å². The number of carbonyl (C=O) groups excluding carboxylic acids is 2. The van der Waals surface area contributed by atoms with Crippen LogP contribution in [0.3, 0.4) is 0 Å². The van der Waals surface area contributed by atoms with Crippen LogP contribution in [-0.4, -0.2) is 30.0 Å². The summed E-state index contributed by atoms with van der Waals surface area (Å²) in [6.07, 6.45) is 3.52. The van der Waals surface area contributed by atoms with Crippen LogP contribution in [-0.2, 0) is 14.3 Å². The van der Waals surface area contributed by atoms with Crippen LogP contribution in [0.1, 0.15) is 30.4 Å². The van der Waals surface area contributed by atoms with E-state index in [1.807, 2.05) is 37.3 Å². The lowest BCUT2D eigenvalue weighted by atomic mass is 9.96. The minimum Gasteiger partial charge on any atom is -0.452 e. The van der Waals surface area contributed by atoms with Crippen LogP contribution in [0.5, 0.6) is 0 Å². The number of amides is 1. The molecule has 2 rings (SSSR count). The number of hydrogen-bond acceptors (Lipinski definition) is 5. The Balaban J connectivity index is 1.75. The average Bonchev–Trinajstić information content (AvgIpc) is 2.72. The van der Waals surface area contributed by atoms with Gasteiger partial charge in [-0.2, -0.15) is 0 Å². The molecular formula is C21H22N2O5. The Morgan fingerprint density at radius 2 is 1.82 bits per heavy atom. The van der Waals surface area contributed by atoms with Gasteiger partial charge < -0.3 is 10.1 Å². The van der Waals surface area contributed by atoms with Gasteiger partial charge in [-0.3, -0.25) is 14.9 Å². The van der Waals surface area contributed by atoms with E-state index >= 15 is 0 Å². The van der Waals surface area contributed by atoms with Gasteiger partial charge in [-0.05, 0) is 35.8 Å². The first-order valence-corrected chi connectivity index (χ1v) is 8.90. The molecule has 7 heteroatoms. The average molecular weight is 382 g/mol. The predicted octanol–water partition coefficient (Wildman–Crippen LogP) is 3.46. The number of carbonyl (C=O) groups is 2. The van der Waals surface area contributed by atoms with Crippen molar-refractivity contribution < 1.29 is 19.2 Å². The number of benzene rings is 2. The number of rotatable bonds is 9. The number of non-ortho nitro benzene ring substituents is 1. The highest BCUT2D eigenvalue weighted by molar-refractivity contribution is 5.89. The molecule has 0 aliphatic heterocycles. The maximum absolute atomic E-state index is 11.9. The van der Waals surface area contributed by atoms with Crippen LogP contribution in [0.2, 0.25) is 0 Å². The van der Waals surface area contributed by atoms with Gasteiger partial charge in [-0.15, -0.1) is 0 Å². The van der Waals surface area contributed by atoms with E-state index in [-0.39, 0.29) is 24.1 Å². The monoisotopic (exact) mass is 382 g/mol. The van der Waals surface area contributed by atoms with Gasteiger partial charge in [-0.1, -0.05) is 37.3 Å². The lowest BCUT2D eigenvalue weighted by Crippen LogP contribution is -2.32. The van der Waals surface area contributed by atoms with Gasteiger partial charge in [-0.25, -0.2) is 4.79 Å². The molecule has 0 unspecified atom stereocenters. The molecule has 0 radical (unpaired) electrons. The molecule has 2 aromatic carbocycles. The zero-order chi connectivity index (χ0) is 20.4. The van der Waals surface area contributed by atoms with Crippen molar-refractivity contribution in [3.05, 3.63) is 81.9 Å². The maximum Gasteiger partial charge on any atom is 0.331 e. The summed E-state index contributed by atoms with van der Waals surface area (Å²) in [6.45, 7) is 2.15. The highest BCUT2D eigenvalue weighted by Crippen LogP contribution is 2.17. The summed E-state index contributed by atoms with van der Waals surface area (Å²) in [5.74, 6) is -0.835. The first-order chi connectivity index (χ1) is 13.5. The van der Waals surface area contributed by atoms with Crippen LogP contribution in [0, 0.1) is 10.1 Å². The predicted molar refractivity (Wildman–Crippen MR) is 106 cm³/mol. The Morgan fingerprint density at radius 3 is 2.43 bits per heavy atom. The van der Waals surface area contributed by atoms with Crippen molar-refractivity contribution in [2.45, 2.75) is 19.3 Å². The molecular weight excluding hydrogens is 360 g/mol. The quantitative estimate of drug-likeness (QED) is 0.310. The first kappa shape index (κ1) is 20.8. The molecule has 0 heterocycles. The Hall–Kier alpha value is -3.48. The fourth-order valence-corrected chi connectivity index (χ4v) is 2.57. The second kappa shape index (κ2) is 10.6. The fraction of sp³-hybridized carbons (Fsp3) is 0.238. The number of nitrogens with one attached hydrogen (secondary N) is 1. The topological polar surface area (TPSA) is 98.5 Å². The van der Waals surface area contributed by atoms with E-state index in [0.717, 1.165) is 12.0 Å². The largest absolute Gasteiger partial charge is 0.452 e. The lowest BCUT2D eigenvalue weighted by molar-refractivity contribution is -0.384. The van der Waals surface area contributed by atoms with Crippen LogP contribution < -0.4 is 5.32 Å². The smallest absolute Gasteiger partial charge is 0.331 e. The SMILES string of the molecule is CC[C@@H](CNC(=O)COC(=O)/C=C/c1ccc([N+](=O)[O-])cc1)c1ccccc1. The van der Waals surface area contributed by atoms with E-state index in [2.05, 4.69) is 5.32 Å². The van der Waals surface area contributed by atoms with E-state index < -0.39 is 10.9 Å². The highest BCUT2D eigenvalue weighted by Gasteiger charge is 2.11. The zero-order valence-corrected chi connectivity index (χ0v) is 15.5. The Morgan fingerprint density at radius 1 is 1.14 bits per heavy atom. The fourth-order valence-electron chi connectivity index (χ4n) is 2.57. The third kappa shape index (κ3) is 6.68. The van der Waals surface area contributed by atoms with Crippen LogP contribution in [0.25, 0.3) is 6.08 Å². The normalized spacial score (nSPS) is 11.8. The zero-order valence-electron chi connectivity index (χ0n) is 15.5. The Kier molecular flexibility index (Phi) is 7.90. The maximum atomic E-state index is 11.9. The van der Waals surface area contributed by atoms with E-state index in [1.165, 1.54) is 36.4 Å². The van der Waals surface area contributed by atoms with Crippen molar-refractivity contribution in [2.24, 2.45) is 0 Å². The van der Waals surface area contributed by atoms with Crippen LogP contribution in [0.15, 0.2) is 60.7 Å². The number of ether oxygens (including phenoxy) is 1. The molecule has 0 aliphatic carbocycles. The molecule has 0 saturated carbocycles. The Labute approximate surface area is 163 Å². The molecule has 0 aromatic heterocycles. The number of hydrogen-bond donors (Lipinski definition) is 1. The molecule has 28 heavy (non-hydrogen) atoms. The van der Waals surface area contributed by atoms with Crippen molar-refractivity contribution in [3.8, 4) is 0 Å². The summed E-state index contributed by atoms with van der Waals surface area (Å²) in [6, 6.07) is 15.6. The second-order valence-electron chi connectivity index (χ2n) is 6.11. The van der Waals surface area contributed by atoms with Gasteiger partial charge in [0.1, 0.15) is 0 Å². The lowest BCUT2D eigenvalue weighted by Gasteiger charge is -2.16. The van der Waals surface area contributed by atoms with E-state index in [4.69, 9.17) is 4.74 Å². The van der Waals surface area contributed by atoms with E-state index in [1.54, 1.807) is 0 Å². The van der Waals surface area contributed by atoms with Crippen LogP contribution in [0.4, 0.5) is 5.69 Å². The molecule has 1 amide bonds. The summed E-state index contributed by atoms with van der Waals surface area (Å²) in [7, 11) is 0. The van der Waals surface area contributed by atoms with Crippen molar-refractivity contribution in [3.63, 3.8) is 0 Å². The summed E-state index contributed by atoms with van der Waals surface area (Å²) >= 11 is 0. The minimum atomic E-state index is -0.663. The molecule has 0 bridgehead atoms. The van der Waals surface area contributed by atoms with Crippen molar-refractivity contribution in [1.82, 2.24) is 5.32 Å². The summed E-state index contributed by atoms with van der Waals surface area (Å²) < 4.78 is 4.91. The highest BCUT2D eigenvalue weighted by atomic mass is 16.6. The molecule has 7 nitrogen and oxygen atoms in total. The molecule has 2 aromatic rings. The third-order valence-electron chi connectivity index (χ3n) is 4.17. The summed E-state index contributed by atoms with van der Waals surface area (Å²) in [5, 5.41) is 13.4. The molecule has 146 valence electrons. The molecule has 1 N–H and O–H groups in total. The van der Waals surface area contributed by atoms with Crippen molar-refractivity contribution >= 4 is 23.6 Å². The third-order valence-corrected chi connectivity index (χ3v) is 4.17. The van der Waals surface area contributed by atoms with Crippen LogP contribution >= 0.6 is 0 Å². The molecule has 0 aliphatic rings. The van der Waals surface area contributed by atoms with E-state index in [0.29, 0.717) is 12.1 Å². The number of nitro benzene ring substituents is 1. The van der Waals surface area contributed by atoms with Gasteiger partial charge in [0, 0.05) is 30.7 Å². The second-order valence-corrected chi connectivity index (χ2v) is 6.11. The summed E-state index contributed by atoms with van der Waals surface area (Å²) in [5.41, 5.74) is 1.73. The number of esters is 1. The number of nitro groups is 1. The number of nitrogens with zero attached hydrogens (tertiary/aromatic N) is 1. The molecule has 0 fully saturated rings. The van der Waals surface area contributed by atoms with Gasteiger partial charge in [0.2, 0.25) is 0 Å². The van der Waals surface area contributed by atoms with Gasteiger partial charge in [0.25, 0.3) is 11.6 Å². The molecule has 0 spiro atoms. The first-order valence-electron chi connectivity index (χ1n) is 8.90. The summed E-state index contributed by atoms with van der Waals surface area (Å²) in [4.78, 5) is 33.7. The van der Waals surface area contributed by atoms with Gasteiger partial charge in [0.15, 0.2) is 6.61 Å². The Bertz CT molecular complexity index is 832. The molecule has 0 saturated heterocycles. The minimum absolute atomic E-state index is 0.0303. The van der Waals surface area contributed by atoms with Gasteiger partial charge >= 0.3 is 5.97 Å². The van der Waals surface area contributed by atoms with Crippen molar-refractivity contribution in [1.29, 1.82) is 0 Å². The van der Waals surface area contributed by atoms with Crippen molar-refractivity contribution in [2.75, 3.05) is 13.2 Å². The molecule has 1 atom stereocenters. The standard InChI is InChI=1S/C21H22N2O5/c1-2-17(18-6-4-3-5-7-18)14-22-20(24)15-28-21(25)13-10-16-8-11-19(12-9-16)23(26)27/h3-13,17H,2,14-15H2,1H3,(H,22,24)/b13-10+/t17-/m0/s1.